The third-order valence-electron chi connectivity index (χ3n) is 7.70. The van der Waals surface area contributed by atoms with Gasteiger partial charge in [-0.1, -0.05) is 26.0 Å². The van der Waals surface area contributed by atoms with Gasteiger partial charge in [0.25, 0.3) is 0 Å². The van der Waals surface area contributed by atoms with E-state index in [-0.39, 0.29) is 0 Å². The Morgan fingerprint density at radius 2 is 1.73 bits per heavy atom. The maximum atomic E-state index is 4.95. The molecule has 1 aromatic heterocycles. The largest absolute Gasteiger partial charge is 0.369 e. The number of fused-ring (bicyclic) bond motifs is 1. The van der Waals surface area contributed by atoms with Crippen LogP contribution < -0.4 is 5.32 Å². The molecule has 0 atom stereocenters. The SMILES string of the molecule is CC(C)C1CCC(N2CCN(Cc3nc(NCCCN(C)C)c4ccccc4n3)CC2)CC1. The average Bonchev–Trinajstić information content (AvgIpc) is 2.82. The summed E-state index contributed by atoms with van der Waals surface area (Å²) in [7, 11) is 4.24. The van der Waals surface area contributed by atoms with Gasteiger partial charge in [-0.15, -0.1) is 0 Å². The predicted octanol–water partition coefficient (Wildman–Crippen LogP) is 4.33. The highest BCUT2D eigenvalue weighted by atomic mass is 15.3. The highest BCUT2D eigenvalue weighted by Gasteiger charge is 2.29. The van der Waals surface area contributed by atoms with Crippen LogP contribution in [-0.2, 0) is 6.54 Å². The Morgan fingerprint density at radius 1 is 1.00 bits per heavy atom. The highest BCUT2D eigenvalue weighted by Crippen LogP contribution is 2.32. The second-order valence-electron chi connectivity index (χ2n) is 10.7. The van der Waals surface area contributed by atoms with Gasteiger partial charge in [-0.25, -0.2) is 9.97 Å². The Labute approximate surface area is 200 Å². The van der Waals surface area contributed by atoms with Gasteiger partial charge in [-0.3, -0.25) is 9.80 Å². The van der Waals surface area contributed by atoms with Crippen molar-refractivity contribution < 1.29 is 0 Å². The second kappa shape index (κ2) is 11.6. The molecule has 182 valence electrons. The van der Waals surface area contributed by atoms with Crippen LogP contribution in [-0.4, -0.2) is 84.1 Å². The van der Waals surface area contributed by atoms with E-state index in [0.29, 0.717) is 0 Å². The van der Waals surface area contributed by atoms with Gasteiger partial charge in [0.1, 0.15) is 11.6 Å². The van der Waals surface area contributed by atoms with Crippen LogP contribution in [0.3, 0.4) is 0 Å². The molecule has 2 aromatic rings. The van der Waals surface area contributed by atoms with Crippen molar-refractivity contribution in [1.82, 2.24) is 24.7 Å². The first-order valence-electron chi connectivity index (χ1n) is 13.1. The first-order chi connectivity index (χ1) is 16.0. The average molecular weight is 453 g/mol. The van der Waals surface area contributed by atoms with Crippen LogP contribution in [0.4, 0.5) is 5.82 Å². The summed E-state index contributed by atoms with van der Waals surface area (Å²) in [5, 5.41) is 4.70. The van der Waals surface area contributed by atoms with Crippen molar-refractivity contribution in [3.8, 4) is 0 Å². The lowest BCUT2D eigenvalue weighted by molar-refractivity contribution is 0.0617. The smallest absolute Gasteiger partial charge is 0.145 e. The molecule has 1 aliphatic carbocycles. The van der Waals surface area contributed by atoms with Crippen molar-refractivity contribution in [2.45, 2.75) is 58.5 Å². The molecule has 2 fully saturated rings. The van der Waals surface area contributed by atoms with Crippen LogP contribution in [0.5, 0.6) is 0 Å². The topological polar surface area (TPSA) is 47.5 Å². The molecule has 1 saturated heterocycles. The highest BCUT2D eigenvalue weighted by molar-refractivity contribution is 5.88. The van der Waals surface area contributed by atoms with E-state index >= 15 is 0 Å². The summed E-state index contributed by atoms with van der Waals surface area (Å²) in [5.74, 6) is 3.71. The summed E-state index contributed by atoms with van der Waals surface area (Å²) in [5.41, 5.74) is 1.04. The van der Waals surface area contributed by atoms with E-state index in [4.69, 9.17) is 9.97 Å². The molecule has 0 spiro atoms. The predicted molar refractivity (Wildman–Crippen MR) is 139 cm³/mol. The number of hydrogen-bond donors (Lipinski definition) is 1. The zero-order valence-electron chi connectivity index (χ0n) is 21.3. The Hall–Kier alpha value is -1.76. The summed E-state index contributed by atoms with van der Waals surface area (Å²) in [6, 6.07) is 9.18. The Kier molecular flexibility index (Phi) is 8.55. The zero-order chi connectivity index (χ0) is 23.2. The van der Waals surface area contributed by atoms with Crippen molar-refractivity contribution in [2.24, 2.45) is 11.8 Å². The molecule has 6 heteroatoms. The van der Waals surface area contributed by atoms with Crippen molar-refractivity contribution in [2.75, 3.05) is 58.7 Å². The number of benzene rings is 1. The minimum absolute atomic E-state index is 0.803. The lowest BCUT2D eigenvalue weighted by atomic mass is 9.79. The molecule has 33 heavy (non-hydrogen) atoms. The maximum Gasteiger partial charge on any atom is 0.145 e. The van der Waals surface area contributed by atoms with Crippen LogP contribution in [0.1, 0.15) is 51.8 Å². The molecule has 0 amide bonds. The number of piperazine rings is 1. The van der Waals surface area contributed by atoms with E-state index in [1.54, 1.807) is 0 Å². The molecular weight excluding hydrogens is 408 g/mol. The van der Waals surface area contributed by atoms with Crippen LogP contribution in [0.2, 0.25) is 0 Å². The van der Waals surface area contributed by atoms with Gasteiger partial charge in [-0.2, -0.15) is 0 Å². The van der Waals surface area contributed by atoms with Gasteiger partial charge in [0.2, 0.25) is 0 Å². The number of rotatable bonds is 9. The summed E-state index contributed by atoms with van der Waals surface area (Å²) >= 11 is 0. The van der Waals surface area contributed by atoms with E-state index in [1.807, 2.05) is 0 Å². The number of anilines is 1. The molecular formula is C27H44N6. The molecule has 1 saturated carbocycles. The summed E-state index contributed by atoms with van der Waals surface area (Å²) in [6.45, 7) is 12.2. The van der Waals surface area contributed by atoms with Crippen LogP contribution >= 0.6 is 0 Å². The Morgan fingerprint density at radius 3 is 2.42 bits per heavy atom. The molecule has 0 unspecified atom stereocenters. The molecule has 4 rings (SSSR count). The molecule has 6 nitrogen and oxygen atoms in total. The van der Waals surface area contributed by atoms with Crippen molar-refractivity contribution >= 4 is 16.7 Å². The van der Waals surface area contributed by atoms with E-state index in [9.17, 15) is 0 Å². The Balaban J connectivity index is 1.32. The lowest BCUT2D eigenvalue weighted by Crippen LogP contribution is -2.51. The zero-order valence-corrected chi connectivity index (χ0v) is 21.3. The minimum atomic E-state index is 0.803. The first-order valence-corrected chi connectivity index (χ1v) is 13.1. The standard InChI is InChI=1S/C27H44N6/c1-21(2)22-10-12-23(13-11-22)33-18-16-32(17-19-33)20-26-29-25-9-6-5-8-24(25)27(30-26)28-14-7-15-31(3)4/h5-6,8-9,21-23H,7,10-20H2,1-4H3,(H,28,29,30). The van der Waals surface area contributed by atoms with Crippen molar-refractivity contribution in [3.63, 3.8) is 0 Å². The normalized spacial score (nSPS) is 23.0. The summed E-state index contributed by atoms with van der Waals surface area (Å²) in [6.07, 6.45) is 6.70. The summed E-state index contributed by atoms with van der Waals surface area (Å²) in [4.78, 5) is 17.4. The summed E-state index contributed by atoms with van der Waals surface area (Å²) < 4.78 is 0. The Bertz CT molecular complexity index is 866. The third kappa shape index (κ3) is 6.65. The monoisotopic (exact) mass is 452 g/mol. The fourth-order valence-electron chi connectivity index (χ4n) is 5.55. The number of nitrogens with zero attached hydrogens (tertiary/aromatic N) is 5. The van der Waals surface area contributed by atoms with Gasteiger partial charge in [-0.05, 0) is 76.7 Å². The van der Waals surface area contributed by atoms with Crippen molar-refractivity contribution in [1.29, 1.82) is 0 Å². The molecule has 0 bridgehead atoms. The molecule has 1 N–H and O–H groups in total. The maximum absolute atomic E-state index is 4.95. The van der Waals surface area contributed by atoms with Gasteiger partial charge < -0.3 is 10.2 Å². The van der Waals surface area contributed by atoms with Crippen LogP contribution in [0.15, 0.2) is 24.3 Å². The minimum Gasteiger partial charge on any atom is -0.369 e. The quantitative estimate of drug-likeness (QED) is 0.572. The number of para-hydroxylation sites is 1. The van der Waals surface area contributed by atoms with Crippen LogP contribution in [0, 0.1) is 11.8 Å². The van der Waals surface area contributed by atoms with E-state index in [0.717, 1.165) is 79.6 Å². The van der Waals surface area contributed by atoms with E-state index in [2.05, 4.69) is 72.2 Å². The molecule has 2 heterocycles. The molecule has 1 aliphatic heterocycles. The lowest BCUT2D eigenvalue weighted by Gasteiger charge is -2.42. The van der Waals surface area contributed by atoms with Gasteiger partial charge in [0, 0.05) is 44.2 Å². The number of aromatic nitrogens is 2. The van der Waals surface area contributed by atoms with Gasteiger partial charge in [0.05, 0.1) is 12.1 Å². The number of nitrogens with one attached hydrogen (secondary N) is 1. The van der Waals surface area contributed by atoms with Crippen LogP contribution in [0.25, 0.3) is 10.9 Å². The molecule has 2 aliphatic rings. The fraction of sp³-hybridized carbons (Fsp3) is 0.704. The second-order valence-corrected chi connectivity index (χ2v) is 10.7. The molecule has 0 radical (unpaired) electrons. The van der Waals surface area contributed by atoms with Crippen molar-refractivity contribution in [3.05, 3.63) is 30.1 Å². The fourth-order valence-corrected chi connectivity index (χ4v) is 5.55. The third-order valence-corrected chi connectivity index (χ3v) is 7.70. The molecule has 1 aromatic carbocycles. The van der Waals surface area contributed by atoms with Gasteiger partial charge >= 0.3 is 0 Å². The van der Waals surface area contributed by atoms with E-state index < -0.39 is 0 Å². The number of hydrogen-bond acceptors (Lipinski definition) is 6. The van der Waals surface area contributed by atoms with E-state index in [1.165, 1.54) is 38.8 Å². The first kappa shape index (κ1) is 24.4. The van der Waals surface area contributed by atoms with Gasteiger partial charge in [0.15, 0.2) is 0 Å².